The molecule has 2 heterocycles. The summed E-state index contributed by atoms with van der Waals surface area (Å²) in [5.41, 5.74) is -0.268. The second-order valence-corrected chi connectivity index (χ2v) is 7.80. The van der Waals surface area contributed by atoms with E-state index in [9.17, 15) is 18.3 Å². The Bertz CT molecular complexity index is 723. The second kappa shape index (κ2) is 10.8. The standard InChI is InChI=1S/C16H25N3O6S.ClH/c1-3-18-5-7-19(8-6-18)26(22,23)13-11-14(16(20)21)15(17-12-13)25-10-4-9-24-2;/h11-12H,3-10H2,1-2H3,(H,20,21);1H. The lowest BCUT2D eigenvalue weighted by Gasteiger charge is -2.33. The number of nitrogens with zero attached hydrogens (tertiary/aromatic N) is 3. The third-order valence-electron chi connectivity index (χ3n) is 4.20. The van der Waals surface area contributed by atoms with E-state index in [1.165, 1.54) is 4.31 Å². The molecule has 1 fully saturated rings. The molecule has 1 aromatic rings. The Labute approximate surface area is 165 Å². The molecule has 154 valence electrons. The SMILES string of the molecule is CCN1CCN(S(=O)(=O)c2cnc(OCCCOC)c(C(=O)O)c2)CC1.Cl. The normalized spacial score (nSPS) is 15.9. The molecule has 0 atom stereocenters. The zero-order valence-corrected chi connectivity index (χ0v) is 17.1. The van der Waals surface area contributed by atoms with Crippen molar-refractivity contribution in [1.29, 1.82) is 0 Å². The van der Waals surface area contributed by atoms with Gasteiger partial charge in [0.1, 0.15) is 10.5 Å². The van der Waals surface area contributed by atoms with Crippen LogP contribution in [0.3, 0.4) is 0 Å². The van der Waals surface area contributed by atoms with E-state index in [1.54, 1.807) is 7.11 Å². The summed E-state index contributed by atoms with van der Waals surface area (Å²) in [7, 11) is -2.23. The van der Waals surface area contributed by atoms with E-state index in [1.807, 2.05) is 6.92 Å². The van der Waals surface area contributed by atoms with Crippen LogP contribution in [0.15, 0.2) is 17.2 Å². The molecule has 0 amide bonds. The summed E-state index contributed by atoms with van der Waals surface area (Å²) in [6, 6.07) is 1.11. The molecule has 0 saturated carbocycles. The van der Waals surface area contributed by atoms with E-state index < -0.39 is 16.0 Å². The van der Waals surface area contributed by atoms with Gasteiger partial charge in [-0.1, -0.05) is 6.92 Å². The second-order valence-electron chi connectivity index (χ2n) is 5.86. The lowest BCUT2D eigenvalue weighted by atomic mass is 10.3. The molecule has 0 radical (unpaired) electrons. The van der Waals surface area contributed by atoms with Crippen molar-refractivity contribution in [3.05, 3.63) is 17.8 Å². The largest absolute Gasteiger partial charge is 0.477 e. The summed E-state index contributed by atoms with van der Waals surface area (Å²) >= 11 is 0. The van der Waals surface area contributed by atoms with Gasteiger partial charge in [-0.2, -0.15) is 4.31 Å². The maximum atomic E-state index is 12.8. The molecule has 0 bridgehead atoms. The number of carbonyl (C=O) groups is 1. The number of carboxylic acids is 1. The van der Waals surface area contributed by atoms with Crippen LogP contribution in [0.25, 0.3) is 0 Å². The highest BCUT2D eigenvalue weighted by atomic mass is 35.5. The molecular weight excluding hydrogens is 398 g/mol. The van der Waals surface area contributed by atoms with Gasteiger partial charge in [-0.25, -0.2) is 18.2 Å². The van der Waals surface area contributed by atoms with Crippen LogP contribution < -0.4 is 4.74 Å². The summed E-state index contributed by atoms with van der Waals surface area (Å²) in [6.45, 7) is 5.63. The zero-order valence-electron chi connectivity index (χ0n) is 15.5. The number of carboxylic acid groups (broad SMARTS) is 1. The van der Waals surface area contributed by atoms with E-state index in [4.69, 9.17) is 9.47 Å². The molecular formula is C16H26ClN3O6S. The van der Waals surface area contributed by atoms with Gasteiger partial charge >= 0.3 is 5.97 Å². The van der Waals surface area contributed by atoms with Gasteiger partial charge in [0.05, 0.1) is 12.8 Å². The summed E-state index contributed by atoms with van der Waals surface area (Å²) < 4.78 is 37.2. The highest BCUT2D eigenvalue weighted by Crippen LogP contribution is 2.23. The van der Waals surface area contributed by atoms with Gasteiger partial charge in [0.2, 0.25) is 15.9 Å². The fraction of sp³-hybridized carbons (Fsp3) is 0.625. The van der Waals surface area contributed by atoms with E-state index in [0.717, 1.165) is 18.8 Å². The molecule has 1 aliphatic rings. The van der Waals surface area contributed by atoms with Crippen LogP contribution >= 0.6 is 12.4 Å². The Balaban J connectivity index is 0.00000364. The summed E-state index contributed by atoms with van der Waals surface area (Å²) in [4.78, 5) is 17.4. The van der Waals surface area contributed by atoms with Crippen molar-refractivity contribution in [1.82, 2.24) is 14.2 Å². The number of sulfonamides is 1. The number of aromatic carboxylic acids is 1. The molecule has 1 N–H and O–H groups in total. The molecule has 0 aliphatic carbocycles. The fourth-order valence-electron chi connectivity index (χ4n) is 2.65. The number of likely N-dealkylation sites (N-methyl/N-ethyl adjacent to an activating group) is 1. The highest BCUT2D eigenvalue weighted by Gasteiger charge is 2.30. The Kier molecular flexibility index (Phi) is 9.40. The van der Waals surface area contributed by atoms with Gasteiger partial charge in [-0.3, -0.25) is 0 Å². The van der Waals surface area contributed by atoms with Crippen LogP contribution in [0, 0.1) is 0 Å². The molecule has 0 unspecified atom stereocenters. The van der Waals surface area contributed by atoms with Gasteiger partial charge < -0.3 is 19.5 Å². The van der Waals surface area contributed by atoms with Gasteiger partial charge in [-0.15, -0.1) is 12.4 Å². The lowest BCUT2D eigenvalue weighted by molar-refractivity contribution is 0.0690. The van der Waals surface area contributed by atoms with Gasteiger partial charge in [0.25, 0.3) is 0 Å². The van der Waals surface area contributed by atoms with Crippen LogP contribution in [-0.4, -0.2) is 86.7 Å². The minimum absolute atomic E-state index is 0. The molecule has 1 saturated heterocycles. The molecule has 2 rings (SSSR count). The summed E-state index contributed by atoms with van der Waals surface area (Å²) in [5, 5.41) is 9.38. The van der Waals surface area contributed by atoms with E-state index in [2.05, 4.69) is 9.88 Å². The van der Waals surface area contributed by atoms with E-state index in [-0.39, 0.29) is 35.4 Å². The van der Waals surface area contributed by atoms with E-state index in [0.29, 0.717) is 39.2 Å². The molecule has 0 spiro atoms. The molecule has 27 heavy (non-hydrogen) atoms. The van der Waals surface area contributed by atoms with Crippen LogP contribution in [0.1, 0.15) is 23.7 Å². The summed E-state index contributed by atoms with van der Waals surface area (Å²) in [5.74, 6) is -1.38. The zero-order chi connectivity index (χ0) is 19.2. The van der Waals surface area contributed by atoms with Gasteiger partial charge in [-0.05, 0) is 12.6 Å². The number of pyridine rings is 1. The Hall–Kier alpha value is -1.46. The minimum Gasteiger partial charge on any atom is -0.477 e. The van der Waals surface area contributed by atoms with E-state index >= 15 is 0 Å². The molecule has 1 aromatic heterocycles. The first-order valence-corrected chi connectivity index (χ1v) is 9.91. The fourth-order valence-corrected chi connectivity index (χ4v) is 4.04. The number of hydrogen-bond donors (Lipinski definition) is 1. The van der Waals surface area contributed by atoms with Crippen LogP contribution in [0.5, 0.6) is 5.88 Å². The van der Waals surface area contributed by atoms with Crippen molar-refractivity contribution in [2.24, 2.45) is 0 Å². The molecule has 9 nitrogen and oxygen atoms in total. The highest BCUT2D eigenvalue weighted by molar-refractivity contribution is 7.89. The Morgan fingerprint density at radius 2 is 1.93 bits per heavy atom. The number of ether oxygens (including phenoxy) is 2. The maximum absolute atomic E-state index is 12.8. The Morgan fingerprint density at radius 3 is 2.48 bits per heavy atom. The molecule has 11 heteroatoms. The third kappa shape index (κ3) is 6.01. The predicted molar refractivity (Wildman–Crippen MR) is 101 cm³/mol. The number of hydrogen-bond acceptors (Lipinski definition) is 7. The van der Waals surface area contributed by atoms with Crippen molar-refractivity contribution in [2.75, 3.05) is 53.0 Å². The first kappa shape index (κ1) is 23.6. The van der Waals surface area contributed by atoms with Crippen LogP contribution in [0.2, 0.25) is 0 Å². The Morgan fingerprint density at radius 1 is 1.26 bits per heavy atom. The van der Waals surface area contributed by atoms with Crippen molar-refractivity contribution in [2.45, 2.75) is 18.2 Å². The van der Waals surface area contributed by atoms with Gasteiger partial charge in [0, 0.05) is 46.3 Å². The summed E-state index contributed by atoms with van der Waals surface area (Å²) in [6.07, 6.45) is 1.72. The van der Waals surface area contributed by atoms with Crippen molar-refractivity contribution in [3.63, 3.8) is 0 Å². The topological polar surface area (TPSA) is 109 Å². The maximum Gasteiger partial charge on any atom is 0.341 e. The first-order chi connectivity index (χ1) is 12.4. The molecule has 0 aromatic carbocycles. The van der Waals surface area contributed by atoms with Crippen molar-refractivity contribution < 1.29 is 27.8 Å². The first-order valence-electron chi connectivity index (χ1n) is 8.47. The number of halogens is 1. The predicted octanol–water partition coefficient (Wildman–Crippen LogP) is 0.943. The quantitative estimate of drug-likeness (QED) is 0.584. The monoisotopic (exact) mass is 423 g/mol. The van der Waals surface area contributed by atoms with Crippen LogP contribution in [0.4, 0.5) is 0 Å². The van der Waals surface area contributed by atoms with Crippen LogP contribution in [-0.2, 0) is 14.8 Å². The number of rotatable bonds is 9. The van der Waals surface area contributed by atoms with Crippen molar-refractivity contribution >= 4 is 28.4 Å². The average Bonchev–Trinajstić information content (AvgIpc) is 2.65. The number of piperazine rings is 1. The number of methoxy groups -OCH3 is 1. The van der Waals surface area contributed by atoms with Gasteiger partial charge in [0.15, 0.2) is 0 Å². The smallest absolute Gasteiger partial charge is 0.341 e. The lowest BCUT2D eigenvalue weighted by Crippen LogP contribution is -2.48. The third-order valence-corrected chi connectivity index (χ3v) is 6.07. The van der Waals surface area contributed by atoms with Crippen molar-refractivity contribution in [3.8, 4) is 5.88 Å². The molecule has 1 aliphatic heterocycles. The average molecular weight is 424 g/mol. The minimum atomic E-state index is -3.79. The number of aromatic nitrogens is 1.